The standard InChI is InChI=1S/C13H17NO/c1-10(9-11(2)15)14-12(3)13-7-5-4-6-8-13/h4-9,12,14H,1-3H3/b10-9-. The van der Waals surface area contributed by atoms with E-state index < -0.39 is 0 Å². The van der Waals surface area contributed by atoms with Crippen LogP contribution >= 0.6 is 0 Å². The summed E-state index contributed by atoms with van der Waals surface area (Å²) in [5.74, 6) is 0.0697. The zero-order chi connectivity index (χ0) is 11.3. The molecule has 1 N–H and O–H groups in total. The summed E-state index contributed by atoms with van der Waals surface area (Å²) in [6, 6.07) is 10.4. The Labute approximate surface area is 91.0 Å². The van der Waals surface area contributed by atoms with Crippen LogP contribution < -0.4 is 5.32 Å². The number of ketones is 1. The van der Waals surface area contributed by atoms with Crippen molar-refractivity contribution in [2.45, 2.75) is 26.8 Å². The van der Waals surface area contributed by atoms with Gasteiger partial charge in [-0.1, -0.05) is 30.3 Å². The van der Waals surface area contributed by atoms with E-state index in [4.69, 9.17) is 0 Å². The number of nitrogens with one attached hydrogen (secondary N) is 1. The lowest BCUT2D eigenvalue weighted by Gasteiger charge is -2.15. The predicted octanol–water partition coefficient (Wildman–Crippen LogP) is 2.83. The van der Waals surface area contributed by atoms with Gasteiger partial charge in [0.2, 0.25) is 0 Å². The summed E-state index contributed by atoms with van der Waals surface area (Å²) < 4.78 is 0. The van der Waals surface area contributed by atoms with E-state index in [1.807, 2.05) is 25.1 Å². The summed E-state index contributed by atoms with van der Waals surface area (Å²) in [6.07, 6.45) is 1.61. The molecule has 0 aliphatic heterocycles. The van der Waals surface area contributed by atoms with Gasteiger partial charge >= 0.3 is 0 Å². The normalized spacial score (nSPS) is 13.4. The Morgan fingerprint density at radius 1 is 1.27 bits per heavy atom. The number of hydrogen-bond donors (Lipinski definition) is 1. The molecule has 0 bridgehead atoms. The van der Waals surface area contributed by atoms with Crippen LogP contribution in [0.5, 0.6) is 0 Å². The van der Waals surface area contributed by atoms with Crippen molar-refractivity contribution in [1.29, 1.82) is 0 Å². The number of carbonyl (C=O) groups excluding carboxylic acids is 1. The van der Waals surface area contributed by atoms with Crippen LogP contribution in [0, 0.1) is 0 Å². The van der Waals surface area contributed by atoms with Gasteiger partial charge in [0.15, 0.2) is 5.78 Å². The van der Waals surface area contributed by atoms with Crippen molar-refractivity contribution in [1.82, 2.24) is 5.32 Å². The van der Waals surface area contributed by atoms with Gasteiger partial charge in [0, 0.05) is 11.7 Å². The van der Waals surface area contributed by atoms with Crippen LogP contribution in [0.15, 0.2) is 42.1 Å². The third-order valence-electron chi connectivity index (χ3n) is 2.16. The van der Waals surface area contributed by atoms with Crippen LogP contribution in [0.2, 0.25) is 0 Å². The van der Waals surface area contributed by atoms with Gasteiger partial charge in [-0.3, -0.25) is 4.79 Å². The lowest BCUT2D eigenvalue weighted by atomic mass is 10.1. The predicted molar refractivity (Wildman–Crippen MR) is 62.4 cm³/mol. The van der Waals surface area contributed by atoms with Gasteiger partial charge in [-0.05, 0) is 32.4 Å². The molecular weight excluding hydrogens is 186 g/mol. The molecule has 0 heterocycles. The monoisotopic (exact) mass is 203 g/mol. The molecule has 1 rings (SSSR count). The summed E-state index contributed by atoms with van der Waals surface area (Å²) in [4.78, 5) is 10.9. The van der Waals surface area contributed by atoms with E-state index in [0.717, 1.165) is 5.70 Å². The van der Waals surface area contributed by atoms with Crippen molar-refractivity contribution < 1.29 is 4.79 Å². The minimum absolute atomic E-state index is 0.0697. The number of allylic oxidation sites excluding steroid dienone is 2. The Kier molecular flexibility index (Phi) is 4.10. The highest BCUT2D eigenvalue weighted by Gasteiger charge is 2.03. The molecule has 0 aromatic heterocycles. The lowest BCUT2D eigenvalue weighted by molar-refractivity contribution is -0.112. The zero-order valence-electron chi connectivity index (χ0n) is 9.45. The van der Waals surface area contributed by atoms with E-state index in [9.17, 15) is 4.79 Å². The molecule has 1 unspecified atom stereocenters. The van der Waals surface area contributed by atoms with Crippen LogP contribution in [-0.4, -0.2) is 5.78 Å². The Morgan fingerprint density at radius 3 is 2.40 bits per heavy atom. The summed E-state index contributed by atoms with van der Waals surface area (Å²) in [7, 11) is 0. The van der Waals surface area contributed by atoms with Gasteiger partial charge < -0.3 is 5.32 Å². The van der Waals surface area contributed by atoms with E-state index in [-0.39, 0.29) is 11.8 Å². The molecule has 0 saturated carbocycles. The second kappa shape index (κ2) is 5.35. The zero-order valence-corrected chi connectivity index (χ0v) is 9.45. The second-order valence-corrected chi connectivity index (χ2v) is 3.71. The maximum Gasteiger partial charge on any atom is 0.154 e. The van der Waals surface area contributed by atoms with Gasteiger partial charge in [-0.2, -0.15) is 0 Å². The van der Waals surface area contributed by atoms with E-state index in [2.05, 4.69) is 24.4 Å². The van der Waals surface area contributed by atoms with Gasteiger partial charge in [0.25, 0.3) is 0 Å². The van der Waals surface area contributed by atoms with Crippen molar-refractivity contribution in [2.75, 3.05) is 0 Å². The second-order valence-electron chi connectivity index (χ2n) is 3.71. The minimum atomic E-state index is 0.0697. The Bertz CT molecular complexity index is 354. The first-order valence-electron chi connectivity index (χ1n) is 5.10. The molecule has 1 atom stereocenters. The summed E-state index contributed by atoms with van der Waals surface area (Å²) >= 11 is 0. The third-order valence-corrected chi connectivity index (χ3v) is 2.16. The molecule has 2 heteroatoms. The molecule has 80 valence electrons. The highest BCUT2D eigenvalue weighted by molar-refractivity contribution is 5.87. The van der Waals surface area contributed by atoms with Crippen molar-refractivity contribution in [3.05, 3.63) is 47.7 Å². The van der Waals surface area contributed by atoms with Gasteiger partial charge in [-0.25, -0.2) is 0 Å². The quantitative estimate of drug-likeness (QED) is 0.762. The first-order valence-corrected chi connectivity index (χ1v) is 5.10. The minimum Gasteiger partial charge on any atom is -0.382 e. The fourth-order valence-electron chi connectivity index (χ4n) is 1.51. The van der Waals surface area contributed by atoms with Crippen LogP contribution in [0.3, 0.4) is 0 Å². The topological polar surface area (TPSA) is 29.1 Å². The molecule has 1 aromatic carbocycles. The SMILES string of the molecule is CC(=O)/C=C(/C)NC(C)c1ccccc1. The Morgan fingerprint density at radius 2 is 1.87 bits per heavy atom. The smallest absolute Gasteiger partial charge is 0.154 e. The molecule has 0 fully saturated rings. The van der Waals surface area contributed by atoms with E-state index in [1.54, 1.807) is 13.0 Å². The van der Waals surface area contributed by atoms with Gasteiger partial charge in [-0.15, -0.1) is 0 Å². The molecule has 0 aliphatic carbocycles. The fraction of sp³-hybridized carbons (Fsp3) is 0.308. The third kappa shape index (κ3) is 3.98. The summed E-state index contributed by atoms with van der Waals surface area (Å²) in [5.41, 5.74) is 2.12. The van der Waals surface area contributed by atoms with E-state index >= 15 is 0 Å². The van der Waals surface area contributed by atoms with Crippen molar-refractivity contribution >= 4 is 5.78 Å². The van der Waals surface area contributed by atoms with Crippen LogP contribution in [0.1, 0.15) is 32.4 Å². The number of benzene rings is 1. The Hall–Kier alpha value is -1.57. The molecule has 1 aromatic rings. The largest absolute Gasteiger partial charge is 0.382 e. The highest BCUT2D eigenvalue weighted by atomic mass is 16.1. The van der Waals surface area contributed by atoms with Crippen LogP contribution in [-0.2, 0) is 4.79 Å². The maximum atomic E-state index is 10.9. The van der Waals surface area contributed by atoms with Crippen molar-refractivity contribution in [2.24, 2.45) is 0 Å². The molecule has 0 radical (unpaired) electrons. The number of rotatable bonds is 4. The van der Waals surface area contributed by atoms with Crippen molar-refractivity contribution in [3.8, 4) is 0 Å². The first kappa shape index (κ1) is 11.5. The summed E-state index contributed by atoms with van der Waals surface area (Å²) in [5, 5.41) is 3.27. The van der Waals surface area contributed by atoms with Crippen LogP contribution in [0.25, 0.3) is 0 Å². The van der Waals surface area contributed by atoms with Gasteiger partial charge in [0.1, 0.15) is 0 Å². The first-order chi connectivity index (χ1) is 7.09. The molecular formula is C13H17NO. The fourth-order valence-corrected chi connectivity index (χ4v) is 1.51. The molecule has 0 aliphatic rings. The van der Waals surface area contributed by atoms with E-state index in [0.29, 0.717) is 0 Å². The average Bonchev–Trinajstić information content (AvgIpc) is 2.17. The van der Waals surface area contributed by atoms with Crippen LogP contribution in [0.4, 0.5) is 0 Å². The highest BCUT2D eigenvalue weighted by Crippen LogP contribution is 2.12. The lowest BCUT2D eigenvalue weighted by Crippen LogP contribution is -2.16. The summed E-state index contributed by atoms with van der Waals surface area (Å²) in [6.45, 7) is 5.53. The molecule has 2 nitrogen and oxygen atoms in total. The average molecular weight is 203 g/mol. The molecule has 15 heavy (non-hydrogen) atoms. The molecule has 0 saturated heterocycles. The number of hydrogen-bond acceptors (Lipinski definition) is 2. The van der Waals surface area contributed by atoms with Gasteiger partial charge in [0.05, 0.1) is 0 Å². The maximum absolute atomic E-state index is 10.9. The molecule has 0 amide bonds. The molecule has 0 spiro atoms. The van der Waals surface area contributed by atoms with E-state index in [1.165, 1.54) is 5.56 Å². The number of carbonyl (C=O) groups is 1. The Balaban J connectivity index is 2.64. The van der Waals surface area contributed by atoms with Crippen molar-refractivity contribution in [3.63, 3.8) is 0 Å².